The van der Waals surface area contributed by atoms with Gasteiger partial charge < -0.3 is 5.11 Å². The number of hydrogen-bond donors (Lipinski definition) is 1. The number of amides is 1. The van der Waals surface area contributed by atoms with Crippen LogP contribution in [0.1, 0.15) is 20.3 Å². The van der Waals surface area contributed by atoms with Gasteiger partial charge >= 0.3 is 11.9 Å². The quantitative estimate of drug-likeness (QED) is 0.650. The number of halogens is 3. The van der Waals surface area contributed by atoms with Gasteiger partial charge in [-0.25, -0.2) is 0 Å². The highest BCUT2D eigenvalue weighted by Gasteiger charge is 2.62. The third-order valence-electron chi connectivity index (χ3n) is 3.50. The lowest BCUT2D eigenvalue weighted by atomic mass is 10.1. The van der Waals surface area contributed by atoms with Crippen LogP contribution in [0.2, 0.25) is 0 Å². The second-order valence-corrected chi connectivity index (χ2v) is 5.56. The van der Waals surface area contributed by atoms with Gasteiger partial charge in [-0.2, -0.15) is 28.4 Å². The van der Waals surface area contributed by atoms with Gasteiger partial charge in [-0.1, -0.05) is 6.92 Å². The van der Waals surface area contributed by atoms with Crippen LogP contribution in [0.3, 0.4) is 0 Å². The zero-order valence-electron chi connectivity index (χ0n) is 12.7. The molecule has 0 radical (unpaired) electrons. The molecule has 0 spiro atoms. The molecule has 0 aromatic carbocycles. The summed E-state index contributed by atoms with van der Waals surface area (Å²) in [4.78, 5) is 22.2. The van der Waals surface area contributed by atoms with E-state index >= 15 is 0 Å². The van der Waals surface area contributed by atoms with Crippen molar-refractivity contribution in [2.45, 2.75) is 38.7 Å². The van der Waals surface area contributed by atoms with Crippen molar-refractivity contribution in [3.05, 3.63) is 22.5 Å². The van der Waals surface area contributed by atoms with Crippen molar-refractivity contribution in [2.24, 2.45) is 11.0 Å². The van der Waals surface area contributed by atoms with Crippen LogP contribution in [0.5, 0.6) is 0 Å². The Labute approximate surface area is 133 Å². The number of aromatic nitrogens is 2. The van der Waals surface area contributed by atoms with E-state index in [1.807, 2.05) is 0 Å². The molecule has 1 aromatic heterocycles. The number of alkyl halides is 3. The summed E-state index contributed by atoms with van der Waals surface area (Å²) >= 11 is 0. The Morgan fingerprint density at radius 3 is 2.71 bits per heavy atom. The number of carbonyl (C=O) groups is 1. The first-order valence-electron chi connectivity index (χ1n) is 6.80. The van der Waals surface area contributed by atoms with Crippen LogP contribution >= 0.6 is 0 Å². The first-order valence-corrected chi connectivity index (χ1v) is 6.80. The molecular formula is C12H14F3N5O4. The van der Waals surface area contributed by atoms with E-state index in [-0.39, 0.29) is 23.0 Å². The Morgan fingerprint density at radius 1 is 1.58 bits per heavy atom. The van der Waals surface area contributed by atoms with Gasteiger partial charge in [0.05, 0.1) is 17.4 Å². The SMILES string of the molecule is CC1=NN(C(=O)[C@H](C)Cn2cc([N+](=O)[O-])cn2)[C@](O)(C(F)(F)F)C1. The molecule has 12 heteroatoms. The zero-order chi connectivity index (χ0) is 18.3. The lowest BCUT2D eigenvalue weighted by Crippen LogP contribution is -2.57. The van der Waals surface area contributed by atoms with Gasteiger partial charge in [-0.15, -0.1) is 0 Å². The molecule has 24 heavy (non-hydrogen) atoms. The Hall–Kier alpha value is -2.50. The molecule has 1 amide bonds. The highest BCUT2D eigenvalue weighted by molar-refractivity contribution is 5.89. The molecule has 0 saturated heterocycles. The first-order chi connectivity index (χ1) is 11.0. The van der Waals surface area contributed by atoms with Crippen LogP contribution in [0.4, 0.5) is 18.9 Å². The van der Waals surface area contributed by atoms with Crippen molar-refractivity contribution in [1.82, 2.24) is 14.8 Å². The number of nitrogens with zero attached hydrogens (tertiary/aromatic N) is 5. The van der Waals surface area contributed by atoms with E-state index in [1.165, 1.54) is 13.8 Å². The normalized spacial score (nSPS) is 22.4. The number of rotatable bonds is 4. The van der Waals surface area contributed by atoms with Gasteiger partial charge in [0.1, 0.15) is 12.4 Å². The molecule has 0 bridgehead atoms. The maximum Gasteiger partial charge on any atom is 0.438 e. The van der Waals surface area contributed by atoms with Gasteiger partial charge in [0, 0.05) is 12.1 Å². The maximum absolute atomic E-state index is 13.1. The fraction of sp³-hybridized carbons (Fsp3) is 0.583. The second kappa shape index (κ2) is 5.85. The average Bonchev–Trinajstić information content (AvgIpc) is 3.02. The fourth-order valence-corrected chi connectivity index (χ4v) is 2.29. The van der Waals surface area contributed by atoms with Crippen molar-refractivity contribution in [1.29, 1.82) is 0 Å². The van der Waals surface area contributed by atoms with Crippen LogP contribution in [-0.2, 0) is 11.3 Å². The Morgan fingerprint density at radius 2 is 2.21 bits per heavy atom. The second-order valence-electron chi connectivity index (χ2n) is 5.56. The average molecular weight is 349 g/mol. The van der Waals surface area contributed by atoms with Crippen molar-refractivity contribution in [3.8, 4) is 0 Å². The van der Waals surface area contributed by atoms with Crippen LogP contribution in [0, 0.1) is 16.0 Å². The topological polar surface area (TPSA) is 114 Å². The van der Waals surface area contributed by atoms with Crippen molar-refractivity contribution < 1.29 is 28.0 Å². The minimum Gasteiger partial charge on any atom is -0.362 e. The molecule has 9 nitrogen and oxygen atoms in total. The minimum absolute atomic E-state index is 0.0327. The molecule has 2 rings (SSSR count). The van der Waals surface area contributed by atoms with Gasteiger partial charge in [0.25, 0.3) is 5.72 Å². The standard InChI is InChI=1S/C12H14F3N5O4/c1-7(5-18-6-9(4-16-18)20(23)24)10(21)19-11(22,12(13,14)15)3-8(2)17-19/h4,6-7,22H,3,5H2,1-2H3/t7-,11-/m1/s1. The summed E-state index contributed by atoms with van der Waals surface area (Å²) in [5.74, 6) is -2.11. The summed E-state index contributed by atoms with van der Waals surface area (Å²) in [6, 6.07) is 0. The Kier molecular flexibility index (Phi) is 4.35. The maximum atomic E-state index is 13.1. The summed E-state index contributed by atoms with van der Waals surface area (Å²) in [6.07, 6.45) is -3.89. The Bertz CT molecular complexity index is 701. The number of aliphatic hydroxyl groups is 1. The van der Waals surface area contributed by atoms with Crippen LogP contribution in [0.15, 0.2) is 17.5 Å². The van der Waals surface area contributed by atoms with Crippen LogP contribution in [0.25, 0.3) is 0 Å². The predicted molar refractivity (Wildman–Crippen MR) is 73.6 cm³/mol. The van der Waals surface area contributed by atoms with E-state index in [1.54, 1.807) is 0 Å². The zero-order valence-corrected chi connectivity index (χ0v) is 12.7. The van der Waals surface area contributed by atoms with Gasteiger partial charge in [-0.05, 0) is 6.92 Å². The molecule has 2 heterocycles. The number of hydrazone groups is 1. The van der Waals surface area contributed by atoms with E-state index < -0.39 is 35.1 Å². The van der Waals surface area contributed by atoms with E-state index in [4.69, 9.17) is 0 Å². The molecule has 1 aliphatic heterocycles. The fourth-order valence-electron chi connectivity index (χ4n) is 2.29. The summed E-state index contributed by atoms with van der Waals surface area (Å²) in [5, 5.41) is 27.6. The summed E-state index contributed by atoms with van der Waals surface area (Å²) in [5.41, 5.74) is -3.74. The van der Waals surface area contributed by atoms with Gasteiger partial charge in [0.15, 0.2) is 0 Å². The number of hydrogen-bond acceptors (Lipinski definition) is 6. The van der Waals surface area contributed by atoms with Crippen LogP contribution in [-0.4, -0.2) is 48.3 Å². The lowest BCUT2D eigenvalue weighted by Gasteiger charge is -2.33. The highest BCUT2D eigenvalue weighted by atomic mass is 19.4. The van der Waals surface area contributed by atoms with Crippen molar-refractivity contribution >= 4 is 17.3 Å². The van der Waals surface area contributed by atoms with E-state index in [0.717, 1.165) is 17.1 Å². The van der Waals surface area contributed by atoms with Crippen LogP contribution < -0.4 is 0 Å². The molecule has 0 aliphatic carbocycles. The summed E-state index contributed by atoms with van der Waals surface area (Å²) in [6.45, 7) is 2.38. The Balaban J connectivity index is 2.18. The molecule has 2 atom stereocenters. The molecule has 132 valence electrons. The van der Waals surface area contributed by atoms with Gasteiger partial charge in [-0.3, -0.25) is 19.6 Å². The molecule has 1 N–H and O–H groups in total. The largest absolute Gasteiger partial charge is 0.438 e. The molecule has 0 unspecified atom stereocenters. The molecule has 1 aromatic rings. The predicted octanol–water partition coefficient (Wildman–Crippen LogP) is 1.29. The summed E-state index contributed by atoms with van der Waals surface area (Å²) in [7, 11) is 0. The molecule has 1 aliphatic rings. The third kappa shape index (κ3) is 3.09. The van der Waals surface area contributed by atoms with E-state index in [0.29, 0.717) is 0 Å². The molecular weight excluding hydrogens is 335 g/mol. The van der Waals surface area contributed by atoms with Gasteiger partial charge in [0.2, 0.25) is 5.91 Å². The lowest BCUT2D eigenvalue weighted by molar-refractivity contribution is -0.385. The first kappa shape index (κ1) is 17.8. The van der Waals surface area contributed by atoms with E-state index in [2.05, 4.69) is 10.2 Å². The van der Waals surface area contributed by atoms with Crippen molar-refractivity contribution in [3.63, 3.8) is 0 Å². The third-order valence-corrected chi connectivity index (χ3v) is 3.50. The highest BCUT2D eigenvalue weighted by Crippen LogP contribution is 2.40. The monoisotopic (exact) mass is 349 g/mol. The molecule has 0 fully saturated rings. The summed E-state index contributed by atoms with van der Waals surface area (Å²) < 4.78 is 40.4. The molecule has 0 saturated carbocycles. The van der Waals surface area contributed by atoms with Crippen molar-refractivity contribution in [2.75, 3.05) is 0 Å². The number of nitro groups is 1. The number of carbonyl (C=O) groups excluding carboxylic acids is 1. The smallest absolute Gasteiger partial charge is 0.362 e. The minimum atomic E-state index is -5.08. The van der Waals surface area contributed by atoms with E-state index in [9.17, 15) is 33.2 Å².